The van der Waals surface area contributed by atoms with Gasteiger partial charge in [-0.15, -0.1) is 0 Å². The zero-order valence-corrected chi connectivity index (χ0v) is 15.7. The van der Waals surface area contributed by atoms with Crippen molar-refractivity contribution in [1.29, 1.82) is 0 Å². The molecule has 1 unspecified atom stereocenters. The molecule has 2 saturated carbocycles. The fraction of sp³-hybridized carbons (Fsp3) is 0.750. The molecule has 2 amide bonds. The molecule has 0 bridgehead atoms. The van der Waals surface area contributed by atoms with Crippen molar-refractivity contribution in [3.8, 4) is 0 Å². The maximum Gasteiger partial charge on any atom is 0.269 e. The Morgan fingerprint density at radius 1 is 1.27 bits per heavy atom. The number of hydrogen-bond acceptors (Lipinski definition) is 3. The Bertz CT molecular complexity index is 671. The van der Waals surface area contributed by atoms with E-state index in [2.05, 4.69) is 15.5 Å². The van der Waals surface area contributed by atoms with Crippen LogP contribution in [0.15, 0.2) is 6.20 Å². The minimum Gasteiger partial charge on any atom is -0.348 e. The van der Waals surface area contributed by atoms with E-state index >= 15 is 0 Å². The maximum atomic E-state index is 12.7. The van der Waals surface area contributed by atoms with Crippen molar-refractivity contribution in [2.24, 2.45) is 11.3 Å². The normalized spacial score (nSPS) is 25.3. The minimum absolute atomic E-state index is 0.0956. The summed E-state index contributed by atoms with van der Waals surface area (Å²) in [6.07, 6.45) is 12.0. The van der Waals surface area contributed by atoms with Crippen LogP contribution < -0.4 is 5.32 Å². The van der Waals surface area contributed by atoms with Crippen LogP contribution in [0.3, 0.4) is 0 Å². The first-order valence-corrected chi connectivity index (χ1v) is 10.1. The second kappa shape index (κ2) is 7.05. The summed E-state index contributed by atoms with van der Waals surface area (Å²) in [5.74, 6) is 0.822. The Kier molecular flexibility index (Phi) is 4.76. The Balaban J connectivity index is 1.22. The number of amides is 2. The highest BCUT2D eigenvalue weighted by atomic mass is 16.2. The Morgan fingerprint density at radius 3 is 2.69 bits per heavy atom. The van der Waals surface area contributed by atoms with E-state index in [9.17, 15) is 9.59 Å². The topological polar surface area (TPSA) is 78.1 Å². The highest BCUT2D eigenvalue weighted by Crippen LogP contribution is 2.58. The van der Waals surface area contributed by atoms with Crippen LogP contribution in [0.2, 0.25) is 0 Å². The molecule has 1 spiro atoms. The van der Waals surface area contributed by atoms with Crippen LogP contribution in [0.25, 0.3) is 0 Å². The summed E-state index contributed by atoms with van der Waals surface area (Å²) in [4.78, 5) is 27.0. The number of nitrogens with one attached hydrogen (secondary N) is 2. The molecule has 1 saturated heterocycles. The Morgan fingerprint density at radius 2 is 2.04 bits per heavy atom. The van der Waals surface area contributed by atoms with Gasteiger partial charge in [0.15, 0.2) is 0 Å². The third-order valence-electron chi connectivity index (χ3n) is 6.70. The van der Waals surface area contributed by atoms with Crippen molar-refractivity contribution >= 4 is 11.8 Å². The van der Waals surface area contributed by atoms with Gasteiger partial charge >= 0.3 is 0 Å². The first-order chi connectivity index (χ1) is 12.5. The van der Waals surface area contributed by atoms with Gasteiger partial charge in [-0.3, -0.25) is 14.7 Å². The number of hydrogen-bond donors (Lipinski definition) is 2. The third kappa shape index (κ3) is 3.79. The van der Waals surface area contributed by atoms with E-state index in [0.29, 0.717) is 22.9 Å². The van der Waals surface area contributed by atoms with Crippen LogP contribution in [0.5, 0.6) is 0 Å². The molecule has 2 N–H and O–H groups in total. The molecule has 2 aliphatic carbocycles. The number of carbonyl (C=O) groups is 2. The number of likely N-dealkylation sites (tertiary alicyclic amines) is 1. The van der Waals surface area contributed by atoms with E-state index in [1.54, 1.807) is 6.20 Å². The van der Waals surface area contributed by atoms with Crippen LogP contribution in [0.1, 0.15) is 73.8 Å². The second-order valence-corrected chi connectivity index (χ2v) is 8.72. The lowest BCUT2D eigenvalue weighted by molar-refractivity contribution is -0.133. The number of aryl methyl sites for hydroxylation is 1. The first-order valence-electron chi connectivity index (χ1n) is 10.1. The molecule has 6 nitrogen and oxygen atoms in total. The fourth-order valence-electron chi connectivity index (χ4n) is 4.87. The van der Waals surface area contributed by atoms with E-state index in [1.165, 1.54) is 38.5 Å². The van der Waals surface area contributed by atoms with Gasteiger partial charge in [-0.1, -0.05) is 6.42 Å². The van der Waals surface area contributed by atoms with Crippen molar-refractivity contribution in [2.75, 3.05) is 13.1 Å². The van der Waals surface area contributed by atoms with E-state index in [1.807, 2.05) is 11.8 Å². The number of aromatic nitrogens is 2. The molecule has 26 heavy (non-hydrogen) atoms. The maximum absolute atomic E-state index is 12.7. The smallest absolute Gasteiger partial charge is 0.269 e. The zero-order chi connectivity index (χ0) is 18.1. The molecule has 3 fully saturated rings. The van der Waals surface area contributed by atoms with Gasteiger partial charge in [-0.25, -0.2) is 0 Å². The van der Waals surface area contributed by atoms with Gasteiger partial charge in [0, 0.05) is 25.6 Å². The van der Waals surface area contributed by atoms with Gasteiger partial charge in [0.05, 0.1) is 6.20 Å². The average Bonchev–Trinajstić information content (AvgIpc) is 3.21. The number of carbonyl (C=O) groups excluding carboxylic acids is 2. The summed E-state index contributed by atoms with van der Waals surface area (Å²) in [5.41, 5.74) is 2.02. The number of H-pyrrole nitrogens is 1. The molecule has 1 aromatic rings. The predicted octanol–water partition coefficient (Wildman–Crippen LogP) is 2.80. The van der Waals surface area contributed by atoms with Gasteiger partial charge in [0.2, 0.25) is 5.91 Å². The molecule has 4 rings (SSSR count). The predicted molar refractivity (Wildman–Crippen MR) is 98.6 cm³/mol. The van der Waals surface area contributed by atoms with Crippen molar-refractivity contribution in [1.82, 2.24) is 20.4 Å². The third-order valence-corrected chi connectivity index (χ3v) is 6.70. The summed E-state index contributed by atoms with van der Waals surface area (Å²) in [7, 11) is 0. The molecule has 2 heterocycles. The molecule has 1 atom stereocenters. The standard InChI is InChI=1S/C20H30N4O2/c1-14-13-21-23-18(14)19(26)22-16-4-9-24(10-5-16)17(25)11-15-3-2-6-20(12-15)7-8-20/h13,15-16H,2-12H2,1H3,(H,21,23)(H,22,26). The fourth-order valence-corrected chi connectivity index (χ4v) is 4.87. The van der Waals surface area contributed by atoms with Gasteiger partial charge in [0.1, 0.15) is 5.69 Å². The van der Waals surface area contributed by atoms with E-state index in [0.717, 1.165) is 37.9 Å². The quantitative estimate of drug-likeness (QED) is 0.869. The summed E-state index contributed by atoms with van der Waals surface area (Å²) < 4.78 is 0. The summed E-state index contributed by atoms with van der Waals surface area (Å²) in [6.45, 7) is 3.38. The molecular formula is C20H30N4O2. The van der Waals surface area contributed by atoms with Crippen molar-refractivity contribution in [3.63, 3.8) is 0 Å². The SMILES string of the molecule is Cc1cn[nH]c1C(=O)NC1CCN(C(=O)CC2CCCC3(CC3)C2)CC1. The number of nitrogens with zero attached hydrogens (tertiary/aromatic N) is 2. The van der Waals surface area contributed by atoms with Gasteiger partial charge < -0.3 is 10.2 Å². The summed E-state index contributed by atoms with van der Waals surface area (Å²) in [5, 5.41) is 9.73. The summed E-state index contributed by atoms with van der Waals surface area (Å²) >= 11 is 0. The van der Waals surface area contributed by atoms with Crippen LogP contribution >= 0.6 is 0 Å². The van der Waals surface area contributed by atoms with E-state index in [4.69, 9.17) is 0 Å². The number of aromatic amines is 1. The Labute approximate surface area is 155 Å². The van der Waals surface area contributed by atoms with E-state index in [-0.39, 0.29) is 11.9 Å². The van der Waals surface area contributed by atoms with E-state index < -0.39 is 0 Å². The van der Waals surface area contributed by atoms with Crippen LogP contribution in [-0.2, 0) is 4.79 Å². The molecule has 1 aromatic heterocycles. The molecule has 0 radical (unpaired) electrons. The second-order valence-electron chi connectivity index (χ2n) is 8.72. The lowest BCUT2D eigenvalue weighted by Crippen LogP contribution is -2.47. The first kappa shape index (κ1) is 17.6. The minimum atomic E-state index is -0.0956. The Hall–Kier alpha value is -1.85. The molecule has 3 aliphatic rings. The summed E-state index contributed by atoms with van der Waals surface area (Å²) in [6, 6.07) is 0.138. The molecule has 6 heteroatoms. The zero-order valence-electron chi connectivity index (χ0n) is 15.7. The monoisotopic (exact) mass is 358 g/mol. The molecule has 142 valence electrons. The van der Waals surface area contributed by atoms with Crippen LogP contribution in [0, 0.1) is 18.3 Å². The van der Waals surface area contributed by atoms with Gasteiger partial charge in [-0.2, -0.15) is 5.10 Å². The number of piperidine rings is 1. The molecule has 0 aromatic carbocycles. The lowest BCUT2D eigenvalue weighted by atomic mass is 9.77. The van der Waals surface area contributed by atoms with Gasteiger partial charge in [0.25, 0.3) is 5.91 Å². The lowest BCUT2D eigenvalue weighted by Gasteiger charge is -2.35. The highest BCUT2D eigenvalue weighted by molar-refractivity contribution is 5.93. The highest BCUT2D eigenvalue weighted by Gasteiger charge is 2.46. The van der Waals surface area contributed by atoms with Crippen LogP contribution in [0.4, 0.5) is 0 Å². The van der Waals surface area contributed by atoms with Crippen LogP contribution in [-0.4, -0.2) is 46.0 Å². The molecular weight excluding hydrogens is 328 g/mol. The average molecular weight is 358 g/mol. The van der Waals surface area contributed by atoms with Crippen molar-refractivity contribution in [2.45, 2.75) is 70.8 Å². The number of rotatable bonds is 4. The largest absolute Gasteiger partial charge is 0.348 e. The van der Waals surface area contributed by atoms with Crippen molar-refractivity contribution < 1.29 is 9.59 Å². The van der Waals surface area contributed by atoms with Crippen molar-refractivity contribution in [3.05, 3.63) is 17.5 Å². The molecule has 1 aliphatic heterocycles. The van der Waals surface area contributed by atoms with Gasteiger partial charge in [-0.05, 0) is 68.8 Å².